The third kappa shape index (κ3) is 24.3. The van der Waals surface area contributed by atoms with Crippen LogP contribution in [-0.2, 0) is 17.1 Å². The maximum absolute atomic E-state index is 9.75. The second kappa shape index (κ2) is 25.4. The van der Waals surface area contributed by atoms with Gasteiger partial charge in [-0.25, -0.2) is 0 Å². The molecule has 15 rings (SSSR count). The summed E-state index contributed by atoms with van der Waals surface area (Å²) >= 11 is 0. The van der Waals surface area contributed by atoms with Crippen LogP contribution in [0.15, 0.2) is 66.4 Å². The number of aromatic nitrogens is 6. The topological polar surface area (TPSA) is 158 Å². The van der Waals surface area contributed by atoms with Crippen molar-refractivity contribution in [2.24, 2.45) is 30.0 Å². The zero-order chi connectivity index (χ0) is 39.1. The Hall–Kier alpha value is -4.73. The van der Waals surface area contributed by atoms with Gasteiger partial charge in [0.2, 0.25) is 0 Å². The number of nitrogens with zero attached hydrogens (tertiary/aromatic N) is 14. The van der Waals surface area contributed by atoms with Gasteiger partial charge < -0.3 is 34.5 Å². The van der Waals surface area contributed by atoms with Crippen molar-refractivity contribution in [1.29, 1.82) is 0 Å². The fourth-order valence-electron chi connectivity index (χ4n) is 4.29. The van der Waals surface area contributed by atoms with Crippen LogP contribution in [0.3, 0.4) is 0 Å². The van der Waals surface area contributed by atoms with Crippen LogP contribution in [0.5, 0.6) is 0 Å². The monoisotopic (exact) mass is 829 g/mol. The first-order chi connectivity index (χ1) is 25.8. The molecule has 12 aliphatic rings. The second-order valence-electron chi connectivity index (χ2n) is 11.0. The molecule has 1 radical (unpaired) electrons. The molecule has 15 heterocycles. The smallest absolute Gasteiger partial charge is 0.418 e. The Kier molecular flexibility index (Phi) is 21.4. The Morgan fingerprint density at radius 3 is 0.600 bits per heavy atom. The van der Waals surface area contributed by atoms with Gasteiger partial charge in [0, 0.05) is 76.6 Å². The number of hydrogen-bond acceptors (Lipinski definition) is 14. The standard InChI is InChI=1S/C30H36N14.2BF4.Cu/c1-2-26-20-32-8-14-44-17-11-35-23-29-5-3-27(39-41-29)21-33-9-15-43(13-7-31-19-25(1)37-38-26)16-10-34-22-28-4-6-30(42-40-28)24-36-12-18-44;2*2-1(3,4)5;/h1-6,19-24H,7-18H2;;;/q;2*-1;+2. The van der Waals surface area contributed by atoms with Crippen LogP contribution < -0.4 is 0 Å². The molecule has 14 nitrogen and oxygen atoms in total. The van der Waals surface area contributed by atoms with Gasteiger partial charge in [-0.1, -0.05) is 0 Å². The van der Waals surface area contributed by atoms with Crippen LogP contribution >= 0.6 is 0 Å². The number of aliphatic imine (C=N–C) groups is 6. The van der Waals surface area contributed by atoms with Gasteiger partial charge in [0.1, 0.15) is 34.2 Å². The van der Waals surface area contributed by atoms with E-state index in [1.54, 1.807) is 37.3 Å². The molecule has 0 N–H and O–H groups in total. The van der Waals surface area contributed by atoms with E-state index in [1.807, 2.05) is 36.4 Å². The molecule has 8 bridgehead atoms. The maximum Gasteiger partial charge on any atom is 2.00 e. The van der Waals surface area contributed by atoms with Gasteiger partial charge in [-0.05, 0) is 36.4 Å². The summed E-state index contributed by atoms with van der Waals surface area (Å²) < 4.78 is 78.0. The van der Waals surface area contributed by atoms with Crippen LogP contribution in [0.1, 0.15) is 34.2 Å². The van der Waals surface area contributed by atoms with Gasteiger partial charge in [0.15, 0.2) is 0 Å². The Labute approximate surface area is 322 Å². The molecule has 0 aliphatic carbocycles. The molecule has 0 aromatic carbocycles. The summed E-state index contributed by atoms with van der Waals surface area (Å²) in [6, 6.07) is 11.4. The SMILES string of the molecule is C1=NCCN2CCN=Cc3ccc(nn3)C=NCCN(CCN=Cc3ccc1nn3)CCN=Cc1ccc(nn1)C=NCC2.F[B-](F)(F)F.F[B-](F)(F)F.[Cu+2]. The van der Waals surface area contributed by atoms with Gasteiger partial charge in [0.05, 0.1) is 39.3 Å². The largest absolute Gasteiger partial charge is 2.00 e. The summed E-state index contributed by atoms with van der Waals surface area (Å²) in [6.45, 7) is 8.14. The van der Waals surface area contributed by atoms with Crippen LogP contribution in [-0.4, -0.2) is 171 Å². The summed E-state index contributed by atoms with van der Waals surface area (Å²) in [5.74, 6) is 0. The molecule has 0 fully saturated rings. The van der Waals surface area contributed by atoms with Crippen molar-refractivity contribution in [1.82, 2.24) is 40.4 Å². The van der Waals surface area contributed by atoms with E-state index in [0.29, 0.717) is 73.4 Å². The minimum absolute atomic E-state index is 0. The predicted molar refractivity (Wildman–Crippen MR) is 194 cm³/mol. The number of rotatable bonds is 0. The number of hydrogen-bond donors (Lipinski definition) is 0. The molecule has 299 valence electrons. The van der Waals surface area contributed by atoms with Crippen LogP contribution in [0, 0.1) is 0 Å². The van der Waals surface area contributed by atoms with Crippen molar-refractivity contribution in [3.8, 4) is 0 Å². The van der Waals surface area contributed by atoms with Crippen LogP contribution in [0.4, 0.5) is 34.5 Å². The van der Waals surface area contributed by atoms with E-state index in [9.17, 15) is 34.5 Å². The maximum atomic E-state index is 9.75. The predicted octanol–water partition coefficient (Wildman–Crippen LogP) is 3.20. The summed E-state index contributed by atoms with van der Waals surface area (Å²) in [7, 11) is -12.0. The minimum Gasteiger partial charge on any atom is -0.418 e. The van der Waals surface area contributed by atoms with Crippen molar-refractivity contribution < 1.29 is 51.6 Å². The zero-order valence-corrected chi connectivity index (χ0v) is 30.1. The fraction of sp³-hybridized carbons (Fsp3) is 0.400. The zero-order valence-electron chi connectivity index (χ0n) is 29.2. The molecule has 3 aromatic rings. The van der Waals surface area contributed by atoms with Gasteiger partial charge in [-0.15, -0.1) is 30.6 Å². The molecule has 25 heteroatoms. The van der Waals surface area contributed by atoms with Crippen molar-refractivity contribution in [2.45, 2.75) is 0 Å². The van der Waals surface area contributed by atoms with Gasteiger partial charge in [-0.2, -0.15) is 0 Å². The first-order valence-electron chi connectivity index (χ1n) is 16.5. The van der Waals surface area contributed by atoms with E-state index in [1.165, 1.54) is 0 Å². The molecule has 0 spiro atoms. The molecule has 0 saturated heterocycles. The molecule has 0 saturated carbocycles. The molecular weight excluding hydrogens is 794 g/mol. The van der Waals surface area contributed by atoms with E-state index in [0.717, 1.165) is 39.3 Å². The van der Waals surface area contributed by atoms with Crippen LogP contribution in [0.25, 0.3) is 0 Å². The van der Waals surface area contributed by atoms with Crippen molar-refractivity contribution in [3.63, 3.8) is 0 Å². The Morgan fingerprint density at radius 2 is 0.473 bits per heavy atom. The van der Waals surface area contributed by atoms with E-state index in [4.69, 9.17) is 0 Å². The summed E-state index contributed by atoms with van der Waals surface area (Å²) in [5.41, 5.74) is 4.24. The van der Waals surface area contributed by atoms with Crippen molar-refractivity contribution in [2.75, 3.05) is 78.5 Å². The summed E-state index contributed by atoms with van der Waals surface area (Å²) in [6.07, 6.45) is 10.5. The number of halogens is 8. The Bertz CT molecular complexity index is 1380. The molecule has 55 heavy (non-hydrogen) atoms. The molecular formula is C30H36B2CuF8N14. The van der Waals surface area contributed by atoms with Crippen molar-refractivity contribution >= 4 is 51.8 Å². The Morgan fingerprint density at radius 1 is 0.327 bits per heavy atom. The normalized spacial score (nSPS) is 18.5. The van der Waals surface area contributed by atoms with Gasteiger partial charge in [-0.3, -0.25) is 39.8 Å². The molecule has 12 aliphatic heterocycles. The summed E-state index contributed by atoms with van der Waals surface area (Å²) in [4.78, 5) is 32.0. The molecule has 3 aromatic heterocycles. The second-order valence-corrected chi connectivity index (χ2v) is 11.0. The quantitative estimate of drug-likeness (QED) is 0.247. The third-order valence-corrected chi connectivity index (χ3v) is 6.73. The molecule has 0 amide bonds. The average molecular weight is 830 g/mol. The average Bonchev–Trinajstić information content (AvgIpc) is 3.11. The van der Waals surface area contributed by atoms with Gasteiger partial charge >= 0.3 is 31.6 Å². The first kappa shape index (κ1) is 46.4. The van der Waals surface area contributed by atoms with Gasteiger partial charge in [0.25, 0.3) is 0 Å². The van der Waals surface area contributed by atoms with Crippen LogP contribution in [0.2, 0.25) is 0 Å². The van der Waals surface area contributed by atoms with E-state index in [2.05, 4.69) is 70.3 Å². The molecule has 0 atom stereocenters. The minimum atomic E-state index is -6.00. The third-order valence-electron chi connectivity index (χ3n) is 6.73. The van der Waals surface area contributed by atoms with E-state index < -0.39 is 14.5 Å². The first-order valence-corrected chi connectivity index (χ1v) is 16.5. The Balaban J connectivity index is 0.000000844. The molecule has 0 unspecified atom stereocenters. The van der Waals surface area contributed by atoms with E-state index in [-0.39, 0.29) is 17.1 Å². The fourth-order valence-corrected chi connectivity index (χ4v) is 4.29. The van der Waals surface area contributed by atoms with E-state index >= 15 is 0 Å². The van der Waals surface area contributed by atoms with Crippen molar-refractivity contribution in [3.05, 3.63) is 70.6 Å². The summed E-state index contributed by atoms with van der Waals surface area (Å²) in [5, 5.41) is 25.7.